The second-order valence-corrected chi connectivity index (χ2v) is 7.50. The number of rotatable bonds is 17. The van der Waals surface area contributed by atoms with Gasteiger partial charge >= 0.3 is 0 Å². The highest BCUT2D eigenvalue weighted by Crippen LogP contribution is 2.28. The van der Waals surface area contributed by atoms with Crippen molar-refractivity contribution in [3.63, 3.8) is 0 Å². The van der Waals surface area contributed by atoms with Crippen molar-refractivity contribution in [2.45, 2.75) is 89.5 Å². The lowest BCUT2D eigenvalue weighted by Gasteiger charge is -2.35. The SMILES string of the molecule is CCCCCCCCCCCCNC(CCO)(CCO)c1ccccc1.Cl. The van der Waals surface area contributed by atoms with E-state index >= 15 is 0 Å². The minimum Gasteiger partial charge on any atom is -0.396 e. The molecule has 1 aromatic rings. The van der Waals surface area contributed by atoms with Crippen LogP contribution in [0.15, 0.2) is 30.3 Å². The molecule has 0 saturated heterocycles. The highest BCUT2D eigenvalue weighted by Gasteiger charge is 2.30. The molecule has 4 heteroatoms. The fourth-order valence-corrected chi connectivity index (χ4v) is 3.77. The third-order valence-electron chi connectivity index (χ3n) is 5.40. The number of aliphatic hydroxyl groups is 2. The molecular formula is C23H42ClNO2. The summed E-state index contributed by atoms with van der Waals surface area (Å²) in [6, 6.07) is 10.3. The molecule has 0 atom stereocenters. The van der Waals surface area contributed by atoms with E-state index in [2.05, 4.69) is 24.4 Å². The second kappa shape index (κ2) is 17.5. The maximum Gasteiger partial charge on any atom is 0.0478 e. The molecule has 0 aliphatic heterocycles. The monoisotopic (exact) mass is 399 g/mol. The van der Waals surface area contributed by atoms with Gasteiger partial charge < -0.3 is 15.5 Å². The number of hydrogen-bond donors (Lipinski definition) is 3. The van der Waals surface area contributed by atoms with Gasteiger partial charge in [-0.15, -0.1) is 12.4 Å². The van der Waals surface area contributed by atoms with E-state index in [9.17, 15) is 10.2 Å². The van der Waals surface area contributed by atoms with Crippen molar-refractivity contribution in [2.75, 3.05) is 19.8 Å². The fourth-order valence-electron chi connectivity index (χ4n) is 3.77. The molecule has 0 bridgehead atoms. The molecule has 0 aromatic heterocycles. The van der Waals surface area contributed by atoms with E-state index in [-0.39, 0.29) is 31.2 Å². The fraction of sp³-hybridized carbons (Fsp3) is 0.739. The Bertz CT molecular complexity index is 422. The van der Waals surface area contributed by atoms with Crippen molar-refractivity contribution in [1.82, 2.24) is 5.32 Å². The summed E-state index contributed by atoms with van der Waals surface area (Å²) in [4.78, 5) is 0. The first kappa shape index (κ1) is 26.4. The summed E-state index contributed by atoms with van der Waals surface area (Å²) in [6.45, 7) is 3.45. The minimum absolute atomic E-state index is 0. The molecule has 0 radical (unpaired) electrons. The maximum absolute atomic E-state index is 9.55. The van der Waals surface area contributed by atoms with Crippen molar-refractivity contribution < 1.29 is 10.2 Å². The minimum atomic E-state index is -0.315. The van der Waals surface area contributed by atoms with Gasteiger partial charge in [0.15, 0.2) is 0 Å². The van der Waals surface area contributed by atoms with E-state index < -0.39 is 0 Å². The molecule has 1 rings (SSSR count). The predicted molar refractivity (Wildman–Crippen MR) is 119 cm³/mol. The predicted octanol–water partition coefficient (Wildman–Crippen LogP) is 5.58. The molecule has 27 heavy (non-hydrogen) atoms. The number of aliphatic hydroxyl groups excluding tert-OH is 2. The topological polar surface area (TPSA) is 52.5 Å². The molecule has 3 N–H and O–H groups in total. The van der Waals surface area contributed by atoms with Gasteiger partial charge in [-0.25, -0.2) is 0 Å². The maximum atomic E-state index is 9.55. The average molecular weight is 400 g/mol. The zero-order valence-electron chi connectivity index (χ0n) is 17.3. The lowest BCUT2D eigenvalue weighted by molar-refractivity contribution is 0.163. The molecule has 158 valence electrons. The molecule has 0 spiro atoms. The van der Waals surface area contributed by atoms with Crippen LogP contribution in [-0.2, 0) is 5.54 Å². The Labute approximate surface area is 173 Å². The first-order valence-electron chi connectivity index (χ1n) is 10.8. The Morgan fingerprint density at radius 2 is 1.22 bits per heavy atom. The van der Waals surface area contributed by atoms with Crippen LogP contribution in [0.25, 0.3) is 0 Å². The number of unbranched alkanes of at least 4 members (excludes halogenated alkanes) is 9. The quantitative estimate of drug-likeness (QED) is 0.300. The summed E-state index contributed by atoms with van der Waals surface area (Å²) in [6.07, 6.45) is 14.6. The third kappa shape index (κ3) is 11.1. The van der Waals surface area contributed by atoms with Crippen LogP contribution in [0.2, 0.25) is 0 Å². The van der Waals surface area contributed by atoms with Crippen LogP contribution >= 0.6 is 12.4 Å². The van der Waals surface area contributed by atoms with Gasteiger partial charge in [0.25, 0.3) is 0 Å². The van der Waals surface area contributed by atoms with Crippen LogP contribution < -0.4 is 5.32 Å². The zero-order chi connectivity index (χ0) is 18.9. The van der Waals surface area contributed by atoms with E-state index in [1.807, 2.05) is 18.2 Å². The molecule has 0 aliphatic carbocycles. The lowest BCUT2D eigenvalue weighted by atomic mass is 9.83. The number of halogens is 1. The molecule has 0 amide bonds. The van der Waals surface area contributed by atoms with Crippen LogP contribution in [0.1, 0.15) is 89.5 Å². The Kier molecular flexibility index (Phi) is 17.1. The highest BCUT2D eigenvalue weighted by atomic mass is 35.5. The second-order valence-electron chi connectivity index (χ2n) is 7.50. The van der Waals surface area contributed by atoms with Crippen molar-refractivity contribution >= 4 is 12.4 Å². The average Bonchev–Trinajstić information content (AvgIpc) is 2.67. The Balaban J connectivity index is 0.00000676. The molecule has 0 unspecified atom stereocenters. The van der Waals surface area contributed by atoms with E-state index in [1.54, 1.807) is 0 Å². The van der Waals surface area contributed by atoms with Crippen LogP contribution in [0.3, 0.4) is 0 Å². The standard InChI is InChI=1S/C23H41NO2.ClH/c1-2-3-4-5-6-7-8-9-10-14-19-24-23(17-20-25,18-21-26)22-15-12-11-13-16-22;/h11-13,15-16,24-26H,2-10,14,17-21H2,1H3;1H. The van der Waals surface area contributed by atoms with Gasteiger partial charge in [0.1, 0.15) is 0 Å². The Morgan fingerprint density at radius 1 is 0.741 bits per heavy atom. The number of hydrogen-bond acceptors (Lipinski definition) is 3. The van der Waals surface area contributed by atoms with Crippen LogP contribution in [0, 0.1) is 0 Å². The van der Waals surface area contributed by atoms with Gasteiger partial charge in [-0.1, -0.05) is 95.0 Å². The first-order valence-corrected chi connectivity index (χ1v) is 10.8. The lowest BCUT2D eigenvalue weighted by Crippen LogP contribution is -2.44. The van der Waals surface area contributed by atoms with Crippen molar-refractivity contribution in [3.05, 3.63) is 35.9 Å². The summed E-state index contributed by atoms with van der Waals surface area (Å²) < 4.78 is 0. The summed E-state index contributed by atoms with van der Waals surface area (Å²) in [5, 5.41) is 22.7. The van der Waals surface area contributed by atoms with Crippen LogP contribution in [-0.4, -0.2) is 30.0 Å². The highest BCUT2D eigenvalue weighted by molar-refractivity contribution is 5.85. The number of benzene rings is 1. The first-order chi connectivity index (χ1) is 12.8. The van der Waals surface area contributed by atoms with E-state index in [1.165, 1.54) is 57.8 Å². The summed E-state index contributed by atoms with van der Waals surface area (Å²) in [7, 11) is 0. The third-order valence-corrected chi connectivity index (χ3v) is 5.40. The normalized spacial score (nSPS) is 11.4. The Morgan fingerprint density at radius 3 is 1.70 bits per heavy atom. The van der Waals surface area contributed by atoms with Gasteiger partial charge in [0.05, 0.1) is 0 Å². The van der Waals surface area contributed by atoms with Crippen molar-refractivity contribution in [3.8, 4) is 0 Å². The van der Waals surface area contributed by atoms with E-state index in [4.69, 9.17) is 0 Å². The summed E-state index contributed by atoms with van der Waals surface area (Å²) in [5.74, 6) is 0. The molecule has 0 heterocycles. The van der Waals surface area contributed by atoms with E-state index in [0.29, 0.717) is 12.8 Å². The molecule has 3 nitrogen and oxygen atoms in total. The summed E-state index contributed by atoms with van der Waals surface area (Å²) in [5.41, 5.74) is 0.847. The van der Waals surface area contributed by atoms with Gasteiger partial charge in [0, 0.05) is 18.8 Å². The van der Waals surface area contributed by atoms with Crippen LogP contribution in [0.4, 0.5) is 0 Å². The van der Waals surface area contributed by atoms with Crippen LogP contribution in [0.5, 0.6) is 0 Å². The van der Waals surface area contributed by atoms with Gasteiger partial charge in [-0.3, -0.25) is 0 Å². The van der Waals surface area contributed by atoms with Crippen molar-refractivity contribution in [1.29, 1.82) is 0 Å². The molecule has 0 aliphatic rings. The Hall–Kier alpha value is -0.610. The molecule has 1 aromatic carbocycles. The van der Waals surface area contributed by atoms with Gasteiger partial charge in [0.2, 0.25) is 0 Å². The van der Waals surface area contributed by atoms with Gasteiger partial charge in [-0.05, 0) is 31.4 Å². The zero-order valence-corrected chi connectivity index (χ0v) is 18.1. The largest absolute Gasteiger partial charge is 0.396 e. The molecule has 0 saturated carbocycles. The van der Waals surface area contributed by atoms with Crippen molar-refractivity contribution in [2.24, 2.45) is 0 Å². The summed E-state index contributed by atoms with van der Waals surface area (Å²) >= 11 is 0. The van der Waals surface area contributed by atoms with Gasteiger partial charge in [-0.2, -0.15) is 0 Å². The molecular weight excluding hydrogens is 358 g/mol. The van der Waals surface area contributed by atoms with E-state index in [0.717, 1.165) is 18.5 Å². The molecule has 0 fully saturated rings. The smallest absolute Gasteiger partial charge is 0.0478 e. The number of nitrogens with one attached hydrogen (secondary N) is 1.